The van der Waals surface area contributed by atoms with Gasteiger partial charge in [0.1, 0.15) is 11.1 Å². The van der Waals surface area contributed by atoms with Crippen molar-refractivity contribution in [1.29, 1.82) is 0 Å². The fourth-order valence-corrected chi connectivity index (χ4v) is 2.47. The second-order valence-corrected chi connectivity index (χ2v) is 5.34. The van der Waals surface area contributed by atoms with E-state index >= 15 is 0 Å². The molecule has 0 saturated heterocycles. The molecule has 2 aromatic carbocycles. The third-order valence-electron chi connectivity index (χ3n) is 3.37. The number of fused-ring (bicyclic) bond motifs is 1. The molecular weight excluding hydrogens is 316 g/mol. The van der Waals surface area contributed by atoms with E-state index in [4.69, 9.17) is 20.4 Å². The van der Waals surface area contributed by atoms with Crippen LogP contribution >= 0.6 is 11.6 Å². The van der Waals surface area contributed by atoms with E-state index in [0.29, 0.717) is 16.2 Å². The van der Waals surface area contributed by atoms with E-state index < -0.39 is 5.63 Å². The minimum atomic E-state index is -0.523. The molecule has 23 heavy (non-hydrogen) atoms. The molecule has 0 aliphatic rings. The Balaban J connectivity index is 1.83. The molecule has 0 saturated carbocycles. The average molecular weight is 325 g/mol. The molecule has 0 N–H and O–H groups in total. The Bertz CT molecular complexity index is 1070. The van der Waals surface area contributed by atoms with Crippen LogP contribution in [0.3, 0.4) is 0 Å². The van der Waals surface area contributed by atoms with Gasteiger partial charge in [-0.1, -0.05) is 35.9 Å². The number of rotatable bonds is 2. The second-order valence-electron chi connectivity index (χ2n) is 4.91. The molecule has 0 bridgehead atoms. The fourth-order valence-electron chi connectivity index (χ4n) is 2.28. The summed E-state index contributed by atoms with van der Waals surface area (Å²) in [5, 5.41) is 9.25. The molecule has 112 valence electrons. The van der Waals surface area contributed by atoms with Crippen LogP contribution in [-0.4, -0.2) is 10.2 Å². The van der Waals surface area contributed by atoms with Crippen LogP contribution in [0.15, 0.2) is 68.2 Å². The number of halogens is 1. The van der Waals surface area contributed by atoms with Crippen LogP contribution in [0.2, 0.25) is 5.02 Å². The largest absolute Gasteiger partial charge is 0.422 e. The van der Waals surface area contributed by atoms with Gasteiger partial charge in [-0.3, -0.25) is 0 Å². The van der Waals surface area contributed by atoms with Crippen molar-refractivity contribution in [2.45, 2.75) is 0 Å². The van der Waals surface area contributed by atoms with Gasteiger partial charge in [0.05, 0.1) is 0 Å². The summed E-state index contributed by atoms with van der Waals surface area (Å²) in [4.78, 5) is 12.1. The first-order valence-corrected chi connectivity index (χ1v) is 7.21. The van der Waals surface area contributed by atoms with Gasteiger partial charge < -0.3 is 8.83 Å². The zero-order valence-electron chi connectivity index (χ0n) is 11.7. The summed E-state index contributed by atoms with van der Waals surface area (Å²) in [6.45, 7) is 0. The highest BCUT2D eigenvalue weighted by Crippen LogP contribution is 2.25. The van der Waals surface area contributed by atoms with E-state index in [1.54, 1.807) is 42.5 Å². The molecule has 2 heterocycles. The number of hydrogen-bond donors (Lipinski definition) is 0. The van der Waals surface area contributed by atoms with E-state index in [2.05, 4.69) is 10.2 Å². The number of benzene rings is 2. The van der Waals surface area contributed by atoms with Crippen molar-refractivity contribution in [1.82, 2.24) is 10.2 Å². The maximum absolute atomic E-state index is 12.1. The third kappa shape index (κ3) is 2.51. The van der Waals surface area contributed by atoms with Crippen LogP contribution in [0.1, 0.15) is 0 Å². The summed E-state index contributed by atoms with van der Waals surface area (Å²) in [5.41, 5.74) is 0.895. The lowest BCUT2D eigenvalue weighted by Gasteiger charge is -1.98. The normalized spacial score (nSPS) is 11.0. The summed E-state index contributed by atoms with van der Waals surface area (Å²) in [7, 11) is 0. The molecule has 2 aromatic heterocycles. The first kappa shape index (κ1) is 13.7. The third-order valence-corrected chi connectivity index (χ3v) is 3.60. The molecule has 4 aromatic rings. The predicted octanol–water partition coefficient (Wildman–Crippen LogP) is 4.16. The van der Waals surface area contributed by atoms with E-state index in [1.165, 1.54) is 0 Å². The number of hydrogen-bond acceptors (Lipinski definition) is 5. The van der Waals surface area contributed by atoms with E-state index in [0.717, 1.165) is 5.39 Å². The lowest BCUT2D eigenvalue weighted by atomic mass is 10.2. The molecular formula is C17H9ClN2O3. The van der Waals surface area contributed by atoms with Crippen LogP contribution in [-0.2, 0) is 0 Å². The van der Waals surface area contributed by atoms with Crippen molar-refractivity contribution >= 4 is 22.6 Å². The van der Waals surface area contributed by atoms with Crippen molar-refractivity contribution < 1.29 is 8.83 Å². The average Bonchev–Trinajstić information content (AvgIpc) is 3.04. The molecule has 0 radical (unpaired) electrons. The van der Waals surface area contributed by atoms with Crippen LogP contribution in [0.25, 0.3) is 33.9 Å². The highest BCUT2D eigenvalue weighted by molar-refractivity contribution is 6.30. The maximum atomic E-state index is 12.1. The van der Waals surface area contributed by atoms with Gasteiger partial charge in [-0.05, 0) is 30.3 Å². The predicted molar refractivity (Wildman–Crippen MR) is 86.2 cm³/mol. The van der Waals surface area contributed by atoms with Gasteiger partial charge in [0.15, 0.2) is 0 Å². The zero-order valence-corrected chi connectivity index (χ0v) is 12.4. The summed E-state index contributed by atoms with van der Waals surface area (Å²) < 4.78 is 10.9. The molecule has 6 heteroatoms. The van der Waals surface area contributed by atoms with Crippen molar-refractivity contribution in [2.24, 2.45) is 0 Å². The van der Waals surface area contributed by atoms with Gasteiger partial charge in [0.2, 0.25) is 5.89 Å². The monoisotopic (exact) mass is 324 g/mol. The quantitative estimate of drug-likeness (QED) is 0.518. The Morgan fingerprint density at radius 1 is 0.870 bits per heavy atom. The van der Waals surface area contributed by atoms with E-state index in [1.807, 2.05) is 12.1 Å². The summed E-state index contributed by atoms with van der Waals surface area (Å²) >= 11 is 5.95. The first-order valence-electron chi connectivity index (χ1n) is 6.83. The lowest BCUT2D eigenvalue weighted by molar-refractivity contribution is 0.547. The molecule has 0 amide bonds. The number of aromatic nitrogens is 2. The first-order chi connectivity index (χ1) is 11.2. The van der Waals surface area contributed by atoms with Crippen LogP contribution in [0.4, 0.5) is 0 Å². The van der Waals surface area contributed by atoms with Crippen molar-refractivity contribution in [3.8, 4) is 22.9 Å². The molecule has 0 atom stereocenters. The minimum absolute atomic E-state index is 0.111. The molecule has 4 rings (SSSR count). The van der Waals surface area contributed by atoms with E-state index in [9.17, 15) is 4.79 Å². The standard InChI is InChI=1S/C17H9ClN2O3/c18-12-6-3-5-11(8-12)15-19-20-16(23-15)13-9-10-4-1-2-7-14(10)22-17(13)21/h1-9H. The van der Waals surface area contributed by atoms with Gasteiger partial charge in [0, 0.05) is 16.0 Å². The molecule has 0 fully saturated rings. The van der Waals surface area contributed by atoms with Crippen LogP contribution in [0, 0.1) is 0 Å². The van der Waals surface area contributed by atoms with Gasteiger partial charge in [-0.15, -0.1) is 10.2 Å². The summed E-state index contributed by atoms with van der Waals surface area (Å²) in [6.07, 6.45) is 0. The number of nitrogens with zero attached hydrogens (tertiary/aromatic N) is 2. The Morgan fingerprint density at radius 3 is 2.57 bits per heavy atom. The SMILES string of the molecule is O=c1oc2ccccc2cc1-c1nnc(-c2cccc(Cl)c2)o1. The fraction of sp³-hybridized carbons (Fsp3) is 0. The molecule has 0 aliphatic carbocycles. The van der Waals surface area contributed by atoms with Gasteiger partial charge in [-0.2, -0.15) is 0 Å². The molecule has 0 aliphatic heterocycles. The van der Waals surface area contributed by atoms with E-state index in [-0.39, 0.29) is 17.3 Å². The summed E-state index contributed by atoms with van der Waals surface area (Å²) in [6, 6.07) is 15.9. The highest BCUT2D eigenvalue weighted by Gasteiger charge is 2.15. The lowest BCUT2D eigenvalue weighted by Crippen LogP contribution is -2.02. The molecule has 0 unspecified atom stereocenters. The molecule has 5 nitrogen and oxygen atoms in total. The Labute approximate surface area is 135 Å². The highest BCUT2D eigenvalue weighted by atomic mass is 35.5. The molecule has 0 spiro atoms. The topological polar surface area (TPSA) is 69.1 Å². The number of para-hydroxylation sites is 1. The Hall–Kier alpha value is -2.92. The van der Waals surface area contributed by atoms with Crippen molar-refractivity contribution in [3.05, 3.63) is 70.0 Å². The van der Waals surface area contributed by atoms with Gasteiger partial charge in [-0.25, -0.2) is 4.79 Å². The zero-order chi connectivity index (χ0) is 15.8. The second kappa shape index (κ2) is 5.37. The van der Waals surface area contributed by atoms with Crippen LogP contribution < -0.4 is 5.63 Å². The Morgan fingerprint density at radius 2 is 1.70 bits per heavy atom. The smallest absolute Gasteiger partial charge is 0.349 e. The van der Waals surface area contributed by atoms with Crippen molar-refractivity contribution in [3.63, 3.8) is 0 Å². The van der Waals surface area contributed by atoms with Gasteiger partial charge >= 0.3 is 5.63 Å². The van der Waals surface area contributed by atoms with Gasteiger partial charge in [0.25, 0.3) is 5.89 Å². The Kier molecular flexibility index (Phi) is 3.20. The summed E-state index contributed by atoms with van der Waals surface area (Å²) in [5.74, 6) is 0.398. The maximum Gasteiger partial charge on any atom is 0.349 e. The minimum Gasteiger partial charge on any atom is -0.422 e. The van der Waals surface area contributed by atoms with Crippen LogP contribution in [0.5, 0.6) is 0 Å². The van der Waals surface area contributed by atoms with Crippen molar-refractivity contribution in [2.75, 3.05) is 0 Å².